The Hall–Kier alpha value is -3.15. The lowest BCUT2D eigenvalue weighted by atomic mass is 10.1. The molecule has 0 aliphatic rings. The Morgan fingerprint density at radius 1 is 0.889 bits per heavy atom. The van der Waals surface area contributed by atoms with E-state index in [4.69, 9.17) is 0 Å². The monoisotopic (exact) mass is 367 g/mol. The molecule has 27 heavy (non-hydrogen) atoms. The number of hydrogen-bond donors (Lipinski definition) is 3. The van der Waals surface area contributed by atoms with Crippen LogP contribution in [0.3, 0.4) is 0 Å². The largest absolute Gasteiger partial charge is 0.326 e. The van der Waals surface area contributed by atoms with E-state index in [2.05, 4.69) is 16.0 Å². The van der Waals surface area contributed by atoms with Crippen molar-refractivity contribution in [3.05, 3.63) is 53.6 Å². The van der Waals surface area contributed by atoms with E-state index in [-0.39, 0.29) is 23.6 Å². The van der Waals surface area contributed by atoms with Crippen LogP contribution in [0.1, 0.15) is 43.1 Å². The van der Waals surface area contributed by atoms with E-state index < -0.39 is 0 Å². The summed E-state index contributed by atoms with van der Waals surface area (Å²) < 4.78 is 0. The fourth-order valence-electron chi connectivity index (χ4n) is 2.27. The number of hydrogen-bond acceptors (Lipinski definition) is 3. The molecule has 0 heterocycles. The van der Waals surface area contributed by atoms with Crippen LogP contribution in [-0.2, 0) is 9.59 Å². The average Bonchev–Trinajstić information content (AvgIpc) is 2.64. The molecule has 0 atom stereocenters. The summed E-state index contributed by atoms with van der Waals surface area (Å²) in [6.07, 6.45) is 0.384. The molecule has 2 rings (SSSR count). The first-order chi connectivity index (χ1) is 12.8. The standard InChI is InChI=1S/C21H25N3O3/c1-5-19(25)22-17-9-6-14(4)18(12-17)24-21(27)15-7-10-16(11-8-15)23-20(26)13(2)3/h6-13H,5H2,1-4H3,(H,22,25)(H,23,26)(H,24,27). The topological polar surface area (TPSA) is 87.3 Å². The molecule has 0 saturated carbocycles. The number of amides is 3. The molecule has 6 nitrogen and oxygen atoms in total. The lowest BCUT2D eigenvalue weighted by Gasteiger charge is -2.12. The molecule has 0 saturated heterocycles. The fraction of sp³-hybridized carbons (Fsp3) is 0.286. The Morgan fingerprint density at radius 2 is 1.52 bits per heavy atom. The molecule has 0 spiro atoms. The zero-order valence-electron chi connectivity index (χ0n) is 16.1. The Bertz CT molecular complexity index is 842. The minimum absolute atomic E-state index is 0.0752. The van der Waals surface area contributed by atoms with E-state index in [1.54, 1.807) is 43.3 Å². The maximum atomic E-state index is 12.5. The molecule has 3 amide bonds. The molecule has 0 aliphatic carbocycles. The van der Waals surface area contributed by atoms with Gasteiger partial charge < -0.3 is 16.0 Å². The van der Waals surface area contributed by atoms with Gasteiger partial charge in [-0.3, -0.25) is 14.4 Å². The first-order valence-electron chi connectivity index (χ1n) is 8.93. The van der Waals surface area contributed by atoms with Crippen LogP contribution in [0.2, 0.25) is 0 Å². The second kappa shape index (κ2) is 8.98. The van der Waals surface area contributed by atoms with Gasteiger partial charge in [0.15, 0.2) is 0 Å². The molecule has 6 heteroatoms. The van der Waals surface area contributed by atoms with E-state index in [9.17, 15) is 14.4 Å². The molecule has 0 unspecified atom stereocenters. The molecular weight excluding hydrogens is 342 g/mol. The van der Waals surface area contributed by atoms with Gasteiger partial charge in [-0.25, -0.2) is 0 Å². The first kappa shape index (κ1) is 20.2. The molecule has 0 aromatic heterocycles. The minimum atomic E-state index is -0.265. The van der Waals surface area contributed by atoms with Crippen molar-refractivity contribution in [2.24, 2.45) is 5.92 Å². The number of nitrogens with one attached hydrogen (secondary N) is 3. The van der Waals surface area contributed by atoms with Crippen LogP contribution >= 0.6 is 0 Å². The molecule has 2 aromatic carbocycles. The number of carbonyl (C=O) groups is 3. The van der Waals surface area contributed by atoms with Gasteiger partial charge in [0.25, 0.3) is 5.91 Å². The second-order valence-corrected chi connectivity index (χ2v) is 6.61. The number of aryl methyl sites for hydroxylation is 1. The van der Waals surface area contributed by atoms with Crippen molar-refractivity contribution < 1.29 is 14.4 Å². The third-order valence-corrected chi connectivity index (χ3v) is 4.03. The molecule has 142 valence electrons. The second-order valence-electron chi connectivity index (χ2n) is 6.61. The van der Waals surface area contributed by atoms with Gasteiger partial charge in [-0.1, -0.05) is 26.8 Å². The van der Waals surface area contributed by atoms with E-state index in [0.717, 1.165) is 5.56 Å². The van der Waals surface area contributed by atoms with Crippen LogP contribution < -0.4 is 16.0 Å². The van der Waals surface area contributed by atoms with Crippen molar-refractivity contribution in [1.29, 1.82) is 0 Å². The normalized spacial score (nSPS) is 10.4. The third kappa shape index (κ3) is 5.67. The Morgan fingerprint density at radius 3 is 2.11 bits per heavy atom. The van der Waals surface area contributed by atoms with Gasteiger partial charge in [-0.2, -0.15) is 0 Å². The third-order valence-electron chi connectivity index (χ3n) is 4.03. The molecule has 0 bridgehead atoms. The fourth-order valence-corrected chi connectivity index (χ4v) is 2.27. The number of carbonyl (C=O) groups excluding carboxylic acids is 3. The minimum Gasteiger partial charge on any atom is -0.326 e. The van der Waals surface area contributed by atoms with Crippen LogP contribution in [0.5, 0.6) is 0 Å². The van der Waals surface area contributed by atoms with Crippen molar-refractivity contribution >= 4 is 34.8 Å². The van der Waals surface area contributed by atoms with Crippen molar-refractivity contribution in [3.8, 4) is 0 Å². The molecule has 0 fully saturated rings. The van der Waals surface area contributed by atoms with Crippen molar-refractivity contribution in [2.45, 2.75) is 34.1 Å². The Balaban J connectivity index is 2.09. The highest BCUT2D eigenvalue weighted by Gasteiger charge is 2.11. The summed E-state index contributed by atoms with van der Waals surface area (Å²) in [7, 11) is 0. The maximum Gasteiger partial charge on any atom is 0.255 e. The Kier molecular flexibility index (Phi) is 6.71. The van der Waals surface area contributed by atoms with Crippen LogP contribution in [0, 0.1) is 12.8 Å². The van der Waals surface area contributed by atoms with Gasteiger partial charge in [0.05, 0.1) is 0 Å². The summed E-state index contributed by atoms with van der Waals surface area (Å²) in [5.41, 5.74) is 3.27. The van der Waals surface area contributed by atoms with Crippen molar-refractivity contribution in [2.75, 3.05) is 16.0 Å². The summed E-state index contributed by atoms with van der Waals surface area (Å²) in [6.45, 7) is 7.29. The lowest BCUT2D eigenvalue weighted by Crippen LogP contribution is -2.18. The summed E-state index contributed by atoms with van der Waals surface area (Å²) in [5.74, 6) is -0.542. The van der Waals surface area contributed by atoms with Gasteiger partial charge in [-0.15, -0.1) is 0 Å². The van der Waals surface area contributed by atoms with Gasteiger partial charge in [0.1, 0.15) is 0 Å². The molecule has 0 radical (unpaired) electrons. The predicted octanol–water partition coefficient (Wildman–Crippen LogP) is 4.19. The summed E-state index contributed by atoms with van der Waals surface area (Å²) in [4.78, 5) is 35.8. The van der Waals surface area contributed by atoms with E-state index in [1.807, 2.05) is 26.8 Å². The van der Waals surface area contributed by atoms with Crippen molar-refractivity contribution in [3.63, 3.8) is 0 Å². The van der Waals surface area contributed by atoms with E-state index in [1.165, 1.54) is 0 Å². The van der Waals surface area contributed by atoms with Gasteiger partial charge in [-0.05, 0) is 48.9 Å². The molecule has 0 aliphatic heterocycles. The molecule has 2 aromatic rings. The quantitative estimate of drug-likeness (QED) is 0.715. The van der Waals surface area contributed by atoms with Gasteiger partial charge in [0.2, 0.25) is 11.8 Å². The highest BCUT2D eigenvalue weighted by Crippen LogP contribution is 2.21. The van der Waals surface area contributed by atoms with E-state index >= 15 is 0 Å². The molecular formula is C21H25N3O3. The lowest BCUT2D eigenvalue weighted by molar-refractivity contribution is -0.119. The first-order valence-corrected chi connectivity index (χ1v) is 8.93. The van der Waals surface area contributed by atoms with Crippen LogP contribution in [0.25, 0.3) is 0 Å². The zero-order chi connectivity index (χ0) is 20.0. The zero-order valence-corrected chi connectivity index (χ0v) is 16.1. The summed E-state index contributed by atoms with van der Waals surface area (Å²) >= 11 is 0. The number of rotatable bonds is 6. The SMILES string of the molecule is CCC(=O)Nc1ccc(C)c(NC(=O)c2ccc(NC(=O)C(C)C)cc2)c1. The predicted molar refractivity (Wildman–Crippen MR) is 108 cm³/mol. The highest BCUT2D eigenvalue weighted by atomic mass is 16.2. The summed E-state index contributed by atoms with van der Waals surface area (Å²) in [6, 6.07) is 12.1. The highest BCUT2D eigenvalue weighted by molar-refractivity contribution is 6.05. The van der Waals surface area contributed by atoms with Crippen LogP contribution in [0.4, 0.5) is 17.1 Å². The smallest absolute Gasteiger partial charge is 0.255 e. The average molecular weight is 367 g/mol. The van der Waals surface area contributed by atoms with Crippen LogP contribution in [-0.4, -0.2) is 17.7 Å². The number of benzene rings is 2. The van der Waals surface area contributed by atoms with Gasteiger partial charge in [0, 0.05) is 35.0 Å². The van der Waals surface area contributed by atoms with E-state index in [0.29, 0.717) is 29.0 Å². The van der Waals surface area contributed by atoms with Crippen molar-refractivity contribution in [1.82, 2.24) is 0 Å². The Labute approximate surface area is 159 Å². The summed E-state index contributed by atoms with van der Waals surface area (Å²) in [5, 5.41) is 8.42. The number of anilines is 3. The maximum absolute atomic E-state index is 12.5. The molecule has 3 N–H and O–H groups in total. The van der Waals surface area contributed by atoms with Crippen LogP contribution in [0.15, 0.2) is 42.5 Å². The van der Waals surface area contributed by atoms with Gasteiger partial charge >= 0.3 is 0 Å².